The molecule has 0 saturated carbocycles. The van der Waals surface area contributed by atoms with Crippen LogP contribution < -0.4 is 15.4 Å². The van der Waals surface area contributed by atoms with E-state index in [4.69, 9.17) is 4.74 Å². The van der Waals surface area contributed by atoms with Crippen molar-refractivity contribution < 1.29 is 9.53 Å². The summed E-state index contributed by atoms with van der Waals surface area (Å²) in [4.78, 5) is 17.5. The van der Waals surface area contributed by atoms with Crippen LogP contribution in [-0.2, 0) is 4.79 Å². The van der Waals surface area contributed by atoms with Crippen molar-refractivity contribution in [1.29, 1.82) is 0 Å². The number of benzene rings is 2. The normalized spacial score (nSPS) is 18.1. The minimum absolute atomic E-state index is 0.215. The lowest BCUT2D eigenvalue weighted by Crippen LogP contribution is -2.39. The van der Waals surface area contributed by atoms with Gasteiger partial charge in [0.2, 0.25) is 11.9 Å². The third-order valence-electron chi connectivity index (χ3n) is 4.64. The molecule has 7 nitrogen and oxygen atoms in total. The highest BCUT2D eigenvalue weighted by Crippen LogP contribution is 2.38. The predicted molar refractivity (Wildman–Crippen MR) is 110 cm³/mol. The number of amides is 1. The first-order chi connectivity index (χ1) is 13.6. The molecule has 0 saturated heterocycles. The molecule has 2 heterocycles. The quantitative estimate of drug-likeness (QED) is 0.645. The van der Waals surface area contributed by atoms with E-state index in [-0.39, 0.29) is 5.91 Å². The van der Waals surface area contributed by atoms with Gasteiger partial charge >= 0.3 is 0 Å². The van der Waals surface area contributed by atoms with Crippen molar-refractivity contribution in [1.82, 2.24) is 14.8 Å². The highest BCUT2D eigenvalue weighted by atomic mass is 79.9. The summed E-state index contributed by atoms with van der Waals surface area (Å²) in [7, 11) is 1.57. The second-order valence-electron chi connectivity index (χ2n) is 6.35. The van der Waals surface area contributed by atoms with Gasteiger partial charge in [-0.05, 0) is 29.8 Å². The number of hydrogen-bond donors (Lipinski definition) is 2. The van der Waals surface area contributed by atoms with E-state index in [0.29, 0.717) is 23.1 Å². The maximum absolute atomic E-state index is 13.3. The lowest BCUT2D eigenvalue weighted by molar-refractivity contribution is -0.119. The van der Waals surface area contributed by atoms with E-state index >= 15 is 0 Å². The number of aromatic nitrogens is 3. The molecular formula is C20H18BrN5O2. The molecule has 4 rings (SSSR count). The summed E-state index contributed by atoms with van der Waals surface area (Å²) in [5.74, 6) is 0.323. The van der Waals surface area contributed by atoms with Gasteiger partial charge in [-0.15, -0.1) is 0 Å². The van der Waals surface area contributed by atoms with Crippen molar-refractivity contribution in [2.75, 3.05) is 17.7 Å². The number of para-hydroxylation sites is 2. The number of nitrogens with one attached hydrogen (secondary N) is 2. The molecule has 142 valence electrons. The Morgan fingerprint density at radius 3 is 2.89 bits per heavy atom. The molecule has 1 aromatic heterocycles. The van der Waals surface area contributed by atoms with Gasteiger partial charge in [0.25, 0.3) is 0 Å². The van der Waals surface area contributed by atoms with E-state index in [2.05, 4.69) is 43.2 Å². The molecule has 0 fully saturated rings. The Morgan fingerprint density at radius 2 is 2.11 bits per heavy atom. The molecule has 2 aromatic carbocycles. The van der Waals surface area contributed by atoms with Crippen LogP contribution in [0.3, 0.4) is 0 Å². The highest BCUT2D eigenvalue weighted by molar-refractivity contribution is 9.10. The average molecular weight is 440 g/mol. The Hall–Kier alpha value is -3.13. The molecule has 1 aliphatic heterocycles. The van der Waals surface area contributed by atoms with Crippen molar-refractivity contribution >= 4 is 33.5 Å². The number of carbonyl (C=O) groups excluding carboxylic acids is 1. The summed E-state index contributed by atoms with van der Waals surface area (Å²) in [5, 5.41) is 10.4. The molecular weight excluding hydrogens is 422 g/mol. The Labute approximate surface area is 170 Å². The summed E-state index contributed by atoms with van der Waals surface area (Å²) in [6.45, 7) is 4.08. The maximum Gasteiger partial charge on any atom is 0.236 e. The fourth-order valence-corrected chi connectivity index (χ4v) is 3.80. The van der Waals surface area contributed by atoms with Crippen LogP contribution >= 0.6 is 15.9 Å². The second-order valence-corrected chi connectivity index (χ2v) is 7.26. The first kappa shape index (κ1) is 18.2. The third-order valence-corrected chi connectivity index (χ3v) is 5.13. The molecule has 1 amide bonds. The molecule has 2 unspecified atom stereocenters. The van der Waals surface area contributed by atoms with Crippen LogP contribution in [0.25, 0.3) is 0 Å². The number of carbonyl (C=O) groups is 1. The lowest BCUT2D eigenvalue weighted by atomic mass is 9.88. The van der Waals surface area contributed by atoms with Gasteiger partial charge in [-0.2, -0.15) is 10.1 Å². The third kappa shape index (κ3) is 3.27. The SMILES string of the molecule is C=C1Nc2ncnn2C(c2cccc(Br)c2)C1C(=O)Nc1ccccc1OC. The predicted octanol–water partition coefficient (Wildman–Crippen LogP) is 3.83. The summed E-state index contributed by atoms with van der Waals surface area (Å²) >= 11 is 3.50. The van der Waals surface area contributed by atoms with Crippen LogP contribution in [0.2, 0.25) is 0 Å². The fourth-order valence-electron chi connectivity index (χ4n) is 3.38. The van der Waals surface area contributed by atoms with E-state index in [1.807, 2.05) is 36.4 Å². The molecule has 0 radical (unpaired) electrons. The van der Waals surface area contributed by atoms with Gasteiger partial charge in [0.1, 0.15) is 18.0 Å². The van der Waals surface area contributed by atoms with Gasteiger partial charge in [0.15, 0.2) is 0 Å². The molecule has 2 N–H and O–H groups in total. The van der Waals surface area contributed by atoms with Gasteiger partial charge in [-0.25, -0.2) is 4.68 Å². The number of hydrogen-bond acceptors (Lipinski definition) is 5. The van der Waals surface area contributed by atoms with Gasteiger partial charge in [0, 0.05) is 10.2 Å². The minimum Gasteiger partial charge on any atom is -0.495 e. The van der Waals surface area contributed by atoms with E-state index in [9.17, 15) is 4.79 Å². The Balaban J connectivity index is 1.75. The fraction of sp³-hybridized carbons (Fsp3) is 0.150. The van der Waals surface area contributed by atoms with Crippen molar-refractivity contribution in [3.63, 3.8) is 0 Å². The van der Waals surface area contributed by atoms with Crippen LogP contribution in [0, 0.1) is 5.92 Å². The van der Waals surface area contributed by atoms with E-state index in [1.54, 1.807) is 23.9 Å². The van der Waals surface area contributed by atoms with Crippen LogP contribution in [-0.4, -0.2) is 27.8 Å². The van der Waals surface area contributed by atoms with Crippen LogP contribution in [0.15, 0.2) is 71.6 Å². The van der Waals surface area contributed by atoms with Crippen molar-refractivity contribution in [3.05, 3.63) is 77.2 Å². The van der Waals surface area contributed by atoms with E-state index < -0.39 is 12.0 Å². The molecule has 0 bridgehead atoms. The molecule has 28 heavy (non-hydrogen) atoms. The van der Waals surface area contributed by atoms with Gasteiger partial charge in [-0.1, -0.05) is 46.8 Å². The second kappa shape index (κ2) is 7.47. The molecule has 3 aromatic rings. The summed E-state index contributed by atoms with van der Waals surface area (Å²) in [6, 6.07) is 14.7. The zero-order valence-corrected chi connectivity index (χ0v) is 16.7. The molecule has 2 atom stereocenters. The average Bonchev–Trinajstić information content (AvgIpc) is 3.15. The van der Waals surface area contributed by atoms with Crippen molar-refractivity contribution in [2.45, 2.75) is 6.04 Å². The van der Waals surface area contributed by atoms with E-state index in [1.165, 1.54) is 6.33 Å². The number of halogens is 1. The van der Waals surface area contributed by atoms with Crippen LogP contribution in [0.5, 0.6) is 5.75 Å². The molecule has 0 aliphatic carbocycles. The first-order valence-corrected chi connectivity index (χ1v) is 9.42. The maximum atomic E-state index is 13.3. The first-order valence-electron chi connectivity index (χ1n) is 8.63. The summed E-state index contributed by atoms with van der Waals surface area (Å²) in [6.07, 6.45) is 1.46. The van der Waals surface area contributed by atoms with E-state index in [0.717, 1.165) is 10.0 Å². The topological polar surface area (TPSA) is 81.1 Å². The minimum atomic E-state index is -0.603. The molecule has 8 heteroatoms. The van der Waals surface area contributed by atoms with Gasteiger partial charge in [-0.3, -0.25) is 4.79 Å². The Morgan fingerprint density at radius 1 is 1.29 bits per heavy atom. The van der Waals surface area contributed by atoms with Crippen molar-refractivity contribution in [3.8, 4) is 5.75 Å². The van der Waals surface area contributed by atoms with Crippen LogP contribution in [0.1, 0.15) is 11.6 Å². The highest BCUT2D eigenvalue weighted by Gasteiger charge is 2.39. The number of methoxy groups -OCH3 is 1. The number of anilines is 2. The number of nitrogens with zero attached hydrogens (tertiary/aromatic N) is 3. The molecule has 1 aliphatic rings. The van der Waals surface area contributed by atoms with Crippen LogP contribution in [0.4, 0.5) is 11.6 Å². The number of fused-ring (bicyclic) bond motifs is 1. The largest absolute Gasteiger partial charge is 0.495 e. The smallest absolute Gasteiger partial charge is 0.236 e. The lowest BCUT2D eigenvalue weighted by Gasteiger charge is -2.34. The Kier molecular flexibility index (Phi) is 4.87. The zero-order valence-electron chi connectivity index (χ0n) is 15.1. The number of ether oxygens (including phenoxy) is 1. The monoisotopic (exact) mass is 439 g/mol. The van der Waals surface area contributed by atoms with Gasteiger partial charge in [0.05, 0.1) is 18.8 Å². The zero-order chi connectivity index (χ0) is 19.7. The summed E-state index contributed by atoms with van der Waals surface area (Å²) in [5.41, 5.74) is 2.07. The Bertz CT molecular complexity index is 1050. The number of rotatable bonds is 4. The van der Waals surface area contributed by atoms with Crippen molar-refractivity contribution in [2.24, 2.45) is 5.92 Å². The standard InChI is InChI=1S/C20H18BrN5O2/c1-12-17(19(27)25-15-8-3-4-9-16(15)28-2)18(13-6-5-7-14(21)10-13)26-20(24-12)22-11-23-26/h3-11,17-18H,1H2,2H3,(H,25,27)(H,22,23,24). The van der Waals surface area contributed by atoms with Gasteiger partial charge < -0.3 is 15.4 Å². The summed E-state index contributed by atoms with van der Waals surface area (Å²) < 4.78 is 7.97. The molecule has 0 spiro atoms.